The summed E-state index contributed by atoms with van der Waals surface area (Å²) >= 11 is 0. The van der Waals surface area contributed by atoms with Gasteiger partial charge >= 0.3 is 5.97 Å². The zero-order valence-corrected chi connectivity index (χ0v) is 29.3. The van der Waals surface area contributed by atoms with Crippen LogP contribution in [-0.2, 0) is 14.3 Å². The Balaban J connectivity index is 1.30. The number of halogens is 2. The molecule has 46 heavy (non-hydrogen) atoms. The van der Waals surface area contributed by atoms with E-state index < -0.39 is 46.6 Å². The predicted molar refractivity (Wildman–Crippen MR) is 172 cm³/mol. The van der Waals surface area contributed by atoms with Gasteiger partial charge in [-0.2, -0.15) is 0 Å². The van der Waals surface area contributed by atoms with Crippen LogP contribution in [0.5, 0.6) is 0 Å². The van der Waals surface area contributed by atoms with Crippen molar-refractivity contribution < 1.29 is 33.3 Å². The quantitative estimate of drug-likeness (QED) is 0.174. The molecule has 0 aromatic heterocycles. The Bertz CT molecular complexity index is 1200. The Morgan fingerprint density at radius 2 is 1.63 bits per heavy atom. The molecule has 10 heteroatoms. The van der Waals surface area contributed by atoms with Crippen molar-refractivity contribution >= 4 is 5.97 Å². The molecule has 6 N–H and O–H groups in total. The summed E-state index contributed by atoms with van der Waals surface area (Å²) in [6, 6.07) is 0. The number of carbonyl (C=O) groups is 1. The lowest BCUT2D eigenvalue weighted by atomic mass is 9.41. The molecule has 0 unspecified atom stereocenters. The second-order valence-corrected chi connectivity index (χ2v) is 18.1. The molecule has 0 aromatic carbocycles. The molecule has 8 nitrogen and oxygen atoms in total. The van der Waals surface area contributed by atoms with Gasteiger partial charge in [-0.25, -0.2) is 8.78 Å². The largest absolute Gasteiger partial charge is 0.461 e. The maximum Gasteiger partial charge on any atom is 0.320 e. The molecule has 0 aromatic rings. The maximum atomic E-state index is 15.8. The summed E-state index contributed by atoms with van der Waals surface area (Å²) in [7, 11) is 0. The van der Waals surface area contributed by atoms with Crippen LogP contribution in [0.2, 0.25) is 0 Å². The average Bonchev–Trinajstić information content (AvgIpc) is 3.32. The zero-order chi connectivity index (χ0) is 33.8. The van der Waals surface area contributed by atoms with Crippen molar-refractivity contribution in [3.63, 3.8) is 0 Å². The van der Waals surface area contributed by atoms with Crippen LogP contribution >= 0.6 is 0 Å². The van der Waals surface area contributed by atoms with Crippen molar-refractivity contribution in [1.29, 1.82) is 0 Å². The van der Waals surface area contributed by atoms with Crippen molar-refractivity contribution in [2.75, 3.05) is 32.7 Å². The average molecular weight is 654 g/mol. The minimum atomic E-state index is -2.84. The van der Waals surface area contributed by atoms with Gasteiger partial charge < -0.3 is 36.1 Å². The third-order valence-corrected chi connectivity index (χ3v) is 15.2. The second kappa shape index (κ2) is 11.0. The van der Waals surface area contributed by atoms with Crippen LogP contribution in [0.1, 0.15) is 106 Å². The summed E-state index contributed by atoms with van der Waals surface area (Å²) in [6.45, 7) is 16.3. The molecule has 264 valence electrons. The summed E-state index contributed by atoms with van der Waals surface area (Å²) in [5, 5.41) is 29.1. The number of ether oxygens (including phenoxy) is 2. The highest BCUT2D eigenvalue weighted by molar-refractivity contribution is 5.72. The smallest absolute Gasteiger partial charge is 0.320 e. The van der Waals surface area contributed by atoms with Crippen LogP contribution in [0.25, 0.3) is 0 Å². The molecular weight excluding hydrogens is 592 g/mol. The first kappa shape index (κ1) is 34.9. The van der Waals surface area contributed by atoms with Crippen molar-refractivity contribution in [1.82, 2.24) is 10.6 Å². The van der Waals surface area contributed by atoms with Crippen molar-refractivity contribution in [3.8, 4) is 0 Å². The van der Waals surface area contributed by atoms with Crippen molar-refractivity contribution in [3.05, 3.63) is 0 Å². The lowest BCUT2D eigenvalue weighted by Gasteiger charge is -2.65. The van der Waals surface area contributed by atoms with E-state index in [0.717, 1.165) is 32.1 Å². The summed E-state index contributed by atoms with van der Waals surface area (Å²) in [4.78, 5) is 13.3. The predicted octanol–water partition coefficient (Wildman–Crippen LogP) is 4.40. The molecule has 1 saturated heterocycles. The number of esters is 1. The summed E-state index contributed by atoms with van der Waals surface area (Å²) in [5.74, 6) is -3.64. The molecule has 6 aliphatic rings. The first-order valence-electron chi connectivity index (χ1n) is 18.0. The van der Waals surface area contributed by atoms with Crippen LogP contribution in [-0.4, -0.2) is 84.3 Å². The van der Waals surface area contributed by atoms with Gasteiger partial charge in [-0.3, -0.25) is 4.79 Å². The fourth-order valence-electron chi connectivity index (χ4n) is 12.9. The normalized spacial score (nSPS) is 48.6. The van der Waals surface area contributed by atoms with Crippen LogP contribution in [0, 0.1) is 44.8 Å². The minimum Gasteiger partial charge on any atom is -0.461 e. The summed E-state index contributed by atoms with van der Waals surface area (Å²) < 4.78 is 44.6. The second-order valence-electron chi connectivity index (χ2n) is 18.1. The molecule has 2 spiro atoms. The molecule has 5 saturated carbocycles. The lowest BCUT2D eigenvalue weighted by molar-refractivity contribution is -0.251. The van der Waals surface area contributed by atoms with Gasteiger partial charge in [0.25, 0.3) is 5.92 Å². The van der Waals surface area contributed by atoms with E-state index in [2.05, 4.69) is 31.4 Å². The Morgan fingerprint density at radius 3 is 2.28 bits per heavy atom. The van der Waals surface area contributed by atoms with Crippen LogP contribution < -0.4 is 16.4 Å². The Kier molecular flexibility index (Phi) is 8.39. The summed E-state index contributed by atoms with van der Waals surface area (Å²) in [5.41, 5.74) is 1.76. The lowest BCUT2D eigenvalue weighted by Crippen LogP contribution is -2.64. The van der Waals surface area contributed by atoms with Crippen molar-refractivity contribution in [2.24, 2.45) is 50.6 Å². The maximum absolute atomic E-state index is 15.8. The third-order valence-electron chi connectivity index (χ3n) is 15.2. The van der Waals surface area contributed by atoms with E-state index in [4.69, 9.17) is 15.2 Å². The highest BCUT2D eigenvalue weighted by Crippen LogP contribution is 2.90. The molecule has 1 aliphatic heterocycles. The molecule has 0 amide bonds. The number of aliphatic hydroxyl groups excluding tert-OH is 1. The highest BCUT2D eigenvalue weighted by Gasteiger charge is 2.86. The minimum absolute atomic E-state index is 0.0288. The van der Waals surface area contributed by atoms with Crippen LogP contribution in [0.15, 0.2) is 0 Å². The molecule has 0 bridgehead atoms. The highest BCUT2D eigenvalue weighted by atomic mass is 19.3. The van der Waals surface area contributed by atoms with E-state index in [1.807, 2.05) is 0 Å². The van der Waals surface area contributed by atoms with Gasteiger partial charge in [0, 0.05) is 49.9 Å². The topological polar surface area (TPSA) is 126 Å². The third kappa shape index (κ3) is 4.80. The number of nitrogens with two attached hydrogens (primary N) is 1. The molecule has 1 heterocycles. The van der Waals surface area contributed by atoms with Gasteiger partial charge in [-0.1, -0.05) is 27.7 Å². The van der Waals surface area contributed by atoms with Crippen LogP contribution in [0.4, 0.5) is 8.78 Å². The fourth-order valence-corrected chi connectivity index (χ4v) is 12.9. The number of aliphatic hydroxyl groups is 2. The van der Waals surface area contributed by atoms with Gasteiger partial charge in [0.15, 0.2) is 0 Å². The Morgan fingerprint density at radius 1 is 0.957 bits per heavy atom. The monoisotopic (exact) mass is 653 g/mol. The Hall–Kier alpha value is -0.910. The number of carbonyl (C=O) groups excluding carboxylic acids is 1. The van der Waals surface area contributed by atoms with Gasteiger partial charge in [0.2, 0.25) is 0 Å². The van der Waals surface area contributed by atoms with E-state index in [1.54, 1.807) is 27.7 Å². The van der Waals surface area contributed by atoms with Crippen LogP contribution in [0.3, 0.4) is 0 Å². The molecule has 6 rings (SSSR count). The fraction of sp³-hybridized carbons (Fsp3) is 0.972. The Labute approximate surface area is 274 Å². The first-order chi connectivity index (χ1) is 21.2. The number of nitrogens with one attached hydrogen (secondary N) is 2. The van der Waals surface area contributed by atoms with Gasteiger partial charge in [0.05, 0.1) is 30.0 Å². The summed E-state index contributed by atoms with van der Waals surface area (Å²) in [6.07, 6.45) is 4.26. The van der Waals surface area contributed by atoms with Gasteiger partial charge in [-0.15, -0.1) is 0 Å². The standard InChI is InChI=1S/C36H61F2N3O5/c1-29(2)28-23(45-26(43)20-41-17-16-40-15-14-39)18-24-32(6)19-22(42)27(33(7)9-8-25(46-33)30(3,4)44)31(32,5)10-11-34(24)21-35(28,34)12-13-36(29,37)38/h22-25,27-28,40-42,44H,8-21,39H2,1-7H3/t22-,23-,24-,25-,27-,28-,31+,32-,33-,34-,35+/m0/s1. The SMILES string of the molecule is CC(C)(O)[C@@H]1CC[C@@](C)([C@H]2[C@@H](O)C[C@@]3(C)[C@@H]4C[C@H](OC(=O)CNCCNCCN)[C@H]5C(C)(C)C(F)(F)CC[C@@]56C[C@@]46CC[C@]23C)O1. The molecule has 5 aliphatic carbocycles. The first-order valence-corrected chi connectivity index (χ1v) is 18.0. The zero-order valence-electron chi connectivity index (χ0n) is 29.3. The van der Waals surface area contributed by atoms with Gasteiger partial charge in [-0.05, 0) is 99.7 Å². The molecule has 11 atom stereocenters. The number of alkyl halides is 2. The van der Waals surface area contributed by atoms with E-state index >= 15 is 8.78 Å². The van der Waals surface area contributed by atoms with E-state index in [0.29, 0.717) is 45.4 Å². The number of hydrogen-bond donors (Lipinski definition) is 5. The van der Waals surface area contributed by atoms with Gasteiger partial charge in [0.1, 0.15) is 6.10 Å². The number of fused-ring (bicyclic) bond motifs is 2. The van der Waals surface area contributed by atoms with E-state index in [-0.39, 0.29) is 52.6 Å². The molecule has 6 fully saturated rings. The van der Waals surface area contributed by atoms with Crippen molar-refractivity contribution in [2.45, 2.75) is 142 Å². The molecular formula is C36H61F2N3O5. The van der Waals surface area contributed by atoms with E-state index in [9.17, 15) is 15.0 Å². The number of rotatable bonds is 10. The molecule has 0 radical (unpaired) electrons. The van der Waals surface area contributed by atoms with E-state index in [1.165, 1.54) is 0 Å². The number of hydrogen-bond acceptors (Lipinski definition) is 8.